The largest absolute Gasteiger partial charge is 0.508 e. The van der Waals surface area contributed by atoms with E-state index >= 15 is 0 Å². The van der Waals surface area contributed by atoms with Gasteiger partial charge in [0.1, 0.15) is 49.8 Å². The number of carbonyl (C=O) groups is 4. The monoisotopic (exact) mass is 814 g/mol. The number of nitrogens with two attached hydrogens (primary N) is 2. The number of nitrogens with zero attached hydrogens (tertiary/aromatic N) is 4. The highest BCUT2D eigenvalue weighted by Gasteiger charge is 2.56. The third-order valence-corrected chi connectivity index (χ3v) is 8.49. The molecule has 5 rings (SSSR count). The maximum atomic E-state index is 12.6. The first-order valence-electron chi connectivity index (χ1n) is 17.7. The summed E-state index contributed by atoms with van der Waals surface area (Å²) in [7, 11) is 0. The van der Waals surface area contributed by atoms with Gasteiger partial charge < -0.3 is 69.8 Å². The van der Waals surface area contributed by atoms with E-state index in [1.807, 2.05) is 0 Å². The van der Waals surface area contributed by atoms with E-state index in [-0.39, 0.29) is 33.0 Å². The number of fused-ring (bicyclic) bond motifs is 1. The number of aliphatic hydroxyl groups excluding tert-OH is 4. The van der Waals surface area contributed by atoms with E-state index in [1.165, 1.54) is 12.4 Å². The predicted molar refractivity (Wildman–Crippen MR) is 185 cm³/mol. The molecule has 8 N–H and O–H groups in total. The van der Waals surface area contributed by atoms with Crippen LogP contribution in [0.15, 0.2) is 34.4 Å². The fourth-order valence-electron chi connectivity index (χ4n) is 5.82. The summed E-state index contributed by atoms with van der Waals surface area (Å²) in [5.41, 5.74) is 7.66. The number of carbonyl (C=O) groups excluding carboxylic acids is 4. The lowest BCUT2D eigenvalue weighted by atomic mass is 10.1. The Morgan fingerprint density at radius 3 is 1.65 bits per heavy atom. The van der Waals surface area contributed by atoms with Crippen molar-refractivity contribution in [1.29, 1.82) is 0 Å². The molecule has 0 bridgehead atoms. The molecule has 2 aromatic rings. The lowest BCUT2D eigenvalue weighted by molar-refractivity contribution is -0.201. The van der Waals surface area contributed by atoms with Gasteiger partial charge >= 0.3 is 12.3 Å². The Morgan fingerprint density at radius 1 is 0.702 bits per heavy atom. The van der Waals surface area contributed by atoms with Gasteiger partial charge in [-0.15, -0.1) is 0 Å². The molecule has 24 nitrogen and oxygen atoms in total. The number of hydrogen-bond donors (Lipinski definition) is 6. The maximum absolute atomic E-state index is 12.6. The molecule has 3 aliphatic heterocycles. The molecule has 57 heavy (non-hydrogen) atoms. The standard InChI is InChI=1S/C18H25N3O9.C15H21N3O9/c1-18(2)29-12-10(9-27-17(25)26-8-4-3-7-22)28-16(13(12)30-18)21-6-5-20-11(14(19)23)15(21)24;16-12(22)9-13(23)18(4-3-17-9)14-11(21)10(20)8(27-14)7-26-15(24)25-6-2-1-5-19/h5-6,10,12-13,16,22H,3-4,7-9H2,1-2H3,(H2,19,23);3-4,8,10-11,14,19-21H,1-2,5-7H2,(H2,16,22)/t10-,12-,13-,16-;8-,10-,11-,14-/m11/s1. The molecule has 24 heteroatoms. The van der Waals surface area contributed by atoms with Gasteiger partial charge in [0.05, 0.1) is 13.2 Å². The number of unbranched alkanes of at least 4 members (excludes halogenated alkanes) is 2. The molecule has 0 unspecified atom stereocenters. The molecule has 3 aliphatic rings. The maximum Gasteiger partial charge on any atom is 0.508 e. The average Bonchev–Trinajstić information content (AvgIpc) is 3.76. The molecule has 3 saturated heterocycles. The molecule has 8 atom stereocenters. The van der Waals surface area contributed by atoms with Crippen molar-refractivity contribution in [2.24, 2.45) is 11.5 Å². The Balaban J connectivity index is 0.000000254. The number of hydrogen-bond acceptors (Lipinski definition) is 20. The molecule has 316 valence electrons. The van der Waals surface area contributed by atoms with Gasteiger partial charge in [-0.25, -0.2) is 19.6 Å². The summed E-state index contributed by atoms with van der Waals surface area (Å²) in [6.45, 7) is 2.95. The quantitative estimate of drug-likeness (QED) is 0.0758. The third-order valence-electron chi connectivity index (χ3n) is 8.49. The molecule has 0 saturated carbocycles. The van der Waals surface area contributed by atoms with Crippen molar-refractivity contribution in [1.82, 2.24) is 19.1 Å². The zero-order valence-corrected chi connectivity index (χ0v) is 30.9. The predicted octanol–water partition coefficient (Wildman–Crippen LogP) is -2.43. The molecule has 0 aromatic carbocycles. The first kappa shape index (κ1) is 44.6. The van der Waals surface area contributed by atoms with E-state index in [0.29, 0.717) is 25.7 Å². The molecule has 2 aromatic heterocycles. The summed E-state index contributed by atoms with van der Waals surface area (Å²) in [4.78, 5) is 77.9. The molecular formula is C33H46N6O18. The second-order valence-corrected chi connectivity index (χ2v) is 13.1. The Bertz CT molecular complexity index is 1820. The minimum absolute atomic E-state index is 0.0117. The van der Waals surface area contributed by atoms with Crippen molar-refractivity contribution in [2.45, 2.75) is 94.4 Å². The van der Waals surface area contributed by atoms with Gasteiger partial charge in [0, 0.05) is 38.0 Å². The lowest BCUT2D eigenvalue weighted by Crippen LogP contribution is -2.38. The summed E-state index contributed by atoms with van der Waals surface area (Å²) in [5.74, 6) is -2.97. The van der Waals surface area contributed by atoms with Gasteiger partial charge in [0.15, 0.2) is 29.6 Å². The van der Waals surface area contributed by atoms with Gasteiger partial charge in [-0.1, -0.05) is 0 Å². The summed E-state index contributed by atoms with van der Waals surface area (Å²) < 4.78 is 44.6. The van der Waals surface area contributed by atoms with Crippen molar-refractivity contribution >= 4 is 24.1 Å². The Labute approximate surface area is 323 Å². The summed E-state index contributed by atoms with van der Waals surface area (Å²) in [5, 5.41) is 37.5. The van der Waals surface area contributed by atoms with Crippen LogP contribution < -0.4 is 22.6 Å². The van der Waals surface area contributed by atoms with Crippen LogP contribution in [0, 0.1) is 0 Å². The molecule has 0 aliphatic carbocycles. The van der Waals surface area contributed by atoms with Crippen LogP contribution in [0.1, 0.15) is 73.0 Å². The number of aromatic nitrogens is 4. The van der Waals surface area contributed by atoms with Crippen molar-refractivity contribution in [3.63, 3.8) is 0 Å². The fraction of sp³-hybridized carbons (Fsp3) is 0.636. The second-order valence-electron chi connectivity index (χ2n) is 13.1. The van der Waals surface area contributed by atoms with Gasteiger partial charge in [0.2, 0.25) is 0 Å². The molecular weight excluding hydrogens is 768 g/mol. The molecule has 5 heterocycles. The van der Waals surface area contributed by atoms with Crippen LogP contribution in [0.3, 0.4) is 0 Å². The summed E-state index contributed by atoms with van der Waals surface area (Å²) in [6.07, 6.45) is -3.52. The van der Waals surface area contributed by atoms with Crippen molar-refractivity contribution in [3.8, 4) is 0 Å². The SMILES string of the molecule is CC1(C)O[C@@H]2[C@H](O1)[C@@H](COC(=O)OCCCCO)O[C@H]2n1ccnc(C(N)=O)c1=O.NC(=O)c1nccn([C@@H]2O[C@H](COC(=O)OCCCCO)[C@@H](O)[C@H]2O)c1=O. The number of amides is 2. The van der Waals surface area contributed by atoms with E-state index < -0.39 is 108 Å². The normalized spacial score (nSPS) is 25.8. The number of aliphatic hydroxyl groups is 4. The molecule has 3 fully saturated rings. The highest BCUT2D eigenvalue weighted by atomic mass is 16.8. The van der Waals surface area contributed by atoms with Gasteiger partial charge in [0.25, 0.3) is 22.9 Å². The van der Waals surface area contributed by atoms with Crippen molar-refractivity contribution in [2.75, 3.05) is 39.6 Å². The van der Waals surface area contributed by atoms with E-state index in [1.54, 1.807) is 13.8 Å². The highest BCUT2D eigenvalue weighted by Crippen LogP contribution is 2.42. The summed E-state index contributed by atoms with van der Waals surface area (Å²) >= 11 is 0. The second kappa shape index (κ2) is 20.4. The Kier molecular flexibility index (Phi) is 16.0. The van der Waals surface area contributed by atoms with Crippen LogP contribution in [-0.2, 0) is 37.9 Å². The van der Waals surface area contributed by atoms with E-state index in [9.17, 15) is 39.0 Å². The van der Waals surface area contributed by atoms with Gasteiger partial charge in [-0.3, -0.25) is 28.3 Å². The minimum Gasteiger partial charge on any atom is -0.434 e. The van der Waals surface area contributed by atoms with Crippen molar-refractivity contribution in [3.05, 3.63) is 56.9 Å². The van der Waals surface area contributed by atoms with E-state index in [4.69, 9.17) is 59.6 Å². The van der Waals surface area contributed by atoms with Crippen LogP contribution in [0.5, 0.6) is 0 Å². The third kappa shape index (κ3) is 11.5. The Hall–Kier alpha value is -5.08. The smallest absolute Gasteiger partial charge is 0.434 e. The number of ether oxygens (including phenoxy) is 8. The highest BCUT2D eigenvalue weighted by molar-refractivity contribution is 5.90. The molecule has 0 spiro atoms. The van der Waals surface area contributed by atoms with Crippen LogP contribution in [-0.4, -0.2) is 146 Å². The van der Waals surface area contributed by atoms with Gasteiger partial charge in [-0.05, 0) is 39.5 Å². The number of primary amides is 2. The fourth-order valence-corrected chi connectivity index (χ4v) is 5.82. The van der Waals surface area contributed by atoms with E-state index in [2.05, 4.69) is 9.97 Å². The van der Waals surface area contributed by atoms with Crippen molar-refractivity contribution < 1.29 is 77.5 Å². The zero-order valence-electron chi connectivity index (χ0n) is 30.9. The van der Waals surface area contributed by atoms with Crippen LogP contribution >= 0.6 is 0 Å². The van der Waals surface area contributed by atoms with Crippen LogP contribution in [0.2, 0.25) is 0 Å². The number of rotatable bonds is 16. The minimum atomic E-state index is -1.53. The zero-order chi connectivity index (χ0) is 41.9. The van der Waals surface area contributed by atoms with Crippen LogP contribution in [0.25, 0.3) is 0 Å². The first-order valence-corrected chi connectivity index (χ1v) is 17.7. The Morgan fingerprint density at radius 2 is 1.16 bits per heavy atom. The lowest BCUT2D eigenvalue weighted by Gasteiger charge is -2.24. The topological polar surface area (TPSA) is 345 Å². The van der Waals surface area contributed by atoms with Crippen LogP contribution in [0.4, 0.5) is 9.59 Å². The molecule has 2 amide bonds. The van der Waals surface area contributed by atoms with Gasteiger partial charge in [-0.2, -0.15) is 0 Å². The first-order chi connectivity index (χ1) is 27.1. The molecule has 0 radical (unpaired) electrons. The summed E-state index contributed by atoms with van der Waals surface area (Å²) in [6, 6.07) is 0. The average molecular weight is 815 g/mol. The van der Waals surface area contributed by atoms with E-state index in [0.717, 1.165) is 21.5 Å².